The fourth-order valence-electron chi connectivity index (χ4n) is 6.85. The van der Waals surface area contributed by atoms with Crippen LogP contribution in [0.4, 0.5) is 0 Å². The van der Waals surface area contributed by atoms with E-state index in [0.717, 1.165) is 67.7 Å². The minimum absolute atomic E-state index is 0.303. The van der Waals surface area contributed by atoms with Crippen molar-refractivity contribution in [1.29, 1.82) is 0 Å². The molecule has 0 fully saturated rings. The number of aryl methyl sites for hydroxylation is 4. The second kappa shape index (κ2) is 11.8. The highest BCUT2D eigenvalue weighted by Gasteiger charge is 2.20. The van der Waals surface area contributed by atoms with Gasteiger partial charge >= 0.3 is 0 Å². The Morgan fingerprint density at radius 2 is 1.43 bits per heavy atom. The highest BCUT2D eigenvalue weighted by molar-refractivity contribution is 6.09. The smallest absolute Gasteiger partial charge is 0.137 e. The van der Waals surface area contributed by atoms with Crippen molar-refractivity contribution in [3.05, 3.63) is 125 Å². The van der Waals surface area contributed by atoms with Crippen LogP contribution in [0.5, 0.6) is 17.2 Å². The van der Waals surface area contributed by atoms with Crippen molar-refractivity contribution in [1.82, 2.24) is 19.3 Å². The van der Waals surface area contributed by atoms with Crippen LogP contribution < -0.4 is 9.47 Å². The lowest BCUT2D eigenvalue weighted by atomic mass is 9.94. The quantitative estimate of drug-likeness (QED) is 0.178. The molecule has 0 aliphatic carbocycles. The summed E-state index contributed by atoms with van der Waals surface area (Å²) in [6.07, 6.45) is 1.87. The molecule has 0 radical (unpaired) electrons. The van der Waals surface area contributed by atoms with Gasteiger partial charge in [-0.1, -0.05) is 32.0 Å². The van der Waals surface area contributed by atoms with Crippen molar-refractivity contribution in [2.45, 2.75) is 54.4 Å². The predicted molar refractivity (Wildman–Crippen MR) is 192 cm³/mol. The molecule has 0 saturated carbocycles. The molecule has 0 saturated heterocycles. The van der Waals surface area contributed by atoms with E-state index in [1.54, 1.807) is 7.11 Å². The number of pyridine rings is 1. The topological polar surface area (TPSA) is 54.1 Å². The second-order valence-electron chi connectivity index (χ2n) is 12.8. The summed E-state index contributed by atoms with van der Waals surface area (Å²) in [6, 6.07) is 29.6. The molecule has 47 heavy (non-hydrogen) atoms. The van der Waals surface area contributed by atoms with Crippen LogP contribution in [0.2, 0.25) is 0 Å². The zero-order valence-electron chi connectivity index (χ0n) is 28.3. The maximum absolute atomic E-state index is 6.69. The average Bonchev–Trinajstić information content (AvgIpc) is 3.53. The van der Waals surface area contributed by atoms with Crippen LogP contribution in [0, 0.1) is 34.6 Å². The molecule has 0 spiro atoms. The second-order valence-corrected chi connectivity index (χ2v) is 12.8. The van der Waals surface area contributed by atoms with E-state index in [4.69, 9.17) is 19.6 Å². The van der Waals surface area contributed by atoms with Gasteiger partial charge in [-0.2, -0.15) is 5.10 Å². The van der Waals surface area contributed by atoms with Gasteiger partial charge in [0.05, 0.1) is 29.5 Å². The van der Waals surface area contributed by atoms with Crippen LogP contribution >= 0.6 is 0 Å². The number of hydrogen-bond donors (Lipinski definition) is 0. The lowest BCUT2D eigenvalue weighted by molar-refractivity contribution is 0.414. The Morgan fingerprint density at radius 3 is 2.15 bits per heavy atom. The summed E-state index contributed by atoms with van der Waals surface area (Å²) in [5, 5.41) is 7.41. The molecule has 0 aliphatic rings. The summed E-state index contributed by atoms with van der Waals surface area (Å²) in [5.74, 6) is 3.59. The first-order chi connectivity index (χ1) is 22.6. The van der Waals surface area contributed by atoms with Crippen molar-refractivity contribution < 1.29 is 9.47 Å². The SMILES string of the molecule is COc1cc(C)c(-c2c(C)nn(-c3cc(Oc4ccc5c6ccccc6n(-c6cc(C)ccn6)c5c4)cc(C(C)C)c3)c2C)c(C)c1. The zero-order valence-corrected chi connectivity index (χ0v) is 28.3. The maximum atomic E-state index is 6.69. The lowest BCUT2D eigenvalue weighted by Crippen LogP contribution is -2.02. The van der Waals surface area contributed by atoms with E-state index < -0.39 is 0 Å². The van der Waals surface area contributed by atoms with E-state index in [9.17, 15) is 0 Å². The normalized spacial score (nSPS) is 11.6. The lowest BCUT2D eigenvalue weighted by Gasteiger charge is -2.15. The summed E-state index contributed by atoms with van der Waals surface area (Å²) < 4.78 is 16.5. The molecule has 6 heteroatoms. The average molecular weight is 621 g/mol. The Labute approximate surface area is 276 Å². The molecule has 3 aromatic heterocycles. The minimum Gasteiger partial charge on any atom is -0.497 e. The number of nitrogens with zero attached hydrogens (tertiary/aromatic N) is 4. The van der Waals surface area contributed by atoms with Crippen LogP contribution in [-0.2, 0) is 0 Å². The van der Waals surface area contributed by atoms with Crippen molar-refractivity contribution in [2.75, 3.05) is 7.11 Å². The Bertz CT molecular complexity index is 2280. The van der Waals surface area contributed by atoms with Gasteiger partial charge in [-0.15, -0.1) is 0 Å². The van der Waals surface area contributed by atoms with Gasteiger partial charge in [-0.05, 0) is 123 Å². The fourth-order valence-corrected chi connectivity index (χ4v) is 6.85. The van der Waals surface area contributed by atoms with Crippen LogP contribution in [0.1, 0.15) is 53.4 Å². The zero-order chi connectivity index (χ0) is 33.0. The van der Waals surface area contributed by atoms with Crippen molar-refractivity contribution in [3.8, 4) is 39.9 Å². The Balaban J connectivity index is 1.33. The fraction of sp³-hybridized carbons (Fsp3) is 0.220. The van der Waals surface area contributed by atoms with Crippen molar-refractivity contribution in [2.24, 2.45) is 0 Å². The molecule has 4 aromatic carbocycles. The van der Waals surface area contributed by atoms with Crippen LogP contribution in [0.25, 0.3) is 44.4 Å². The monoisotopic (exact) mass is 620 g/mol. The van der Waals surface area contributed by atoms with Gasteiger partial charge in [0, 0.05) is 40.4 Å². The summed E-state index contributed by atoms with van der Waals surface area (Å²) in [6.45, 7) is 15.0. The van der Waals surface area contributed by atoms with Gasteiger partial charge < -0.3 is 9.47 Å². The number of para-hydroxylation sites is 1. The third-order valence-corrected chi connectivity index (χ3v) is 9.12. The number of methoxy groups -OCH3 is 1. The Hall–Kier alpha value is -5.36. The first-order valence-electron chi connectivity index (χ1n) is 16.1. The highest BCUT2D eigenvalue weighted by Crippen LogP contribution is 2.38. The molecule has 0 amide bonds. The summed E-state index contributed by atoms with van der Waals surface area (Å²) in [4.78, 5) is 4.74. The molecule has 6 nitrogen and oxygen atoms in total. The standard InChI is InChI=1S/C41H40N4O2/c1-24(2)30-20-31(45-29(7)41(28(6)43-45)40-26(4)18-33(46-8)19-27(40)5)22-34(21-30)47-32-13-14-36-35-11-9-10-12-37(35)44(38(36)23-32)39-17-25(3)15-16-42-39/h9-24H,1-8H3. The summed E-state index contributed by atoms with van der Waals surface area (Å²) in [5.41, 5.74) is 12.3. The third kappa shape index (κ3) is 5.34. The third-order valence-electron chi connectivity index (χ3n) is 9.12. The first-order valence-corrected chi connectivity index (χ1v) is 16.1. The van der Waals surface area contributed by atoms with E-state index in [0.29, 0.717) is 5.92 Å². The molecule has 3 heterocycles. The number of ether oxygens (including phenoxy) is 2. The summed E-state index contributed by atoms with van der Waals surface area (Å²) in [7, 11) is 1.71. The molecule has 0 bridgehead atoms. The van der Waals surface area contributed by atoms with Gasteiger partial charge in [0.1, 0.15) is 23.1 Å². The molecule has 0 aliphatic heterocycles. The van der Waals surface area contributed by atoms with Crippen LogP contribution in [-0.4, -0.2) is 26.4 Å². The Kier molecular flexibility index (Phi) is 7.59. The Morgan fingerprint density at radius 1 is 0.681 bits per heavy atom. The van der Waals surface area contributed by atoms with E-state index in [2.05, 4.69) is 137 Å². The molecule has 236 valence electrons. The molecule has 0 N–H and O–H groups in total. The minimum atomic E-state index is 0.303. The van der Waals surface area contributed by atoms with Crippen molar-refractivity contribution >= 4 is 21.8 Å². The largest absolute Gasteiger partial charge is 0.497 e. The van der Waals surface area contributed by atoms with E-state index >= 15 is 0 Å². The van der Waals surface area contributed by atoms with Gasteiger partial charge in [0.25, 0.3) is 0 Å². The number of aromatic nitrogens is 4. The molecule has 7 aromatic rings. The molecular formula is C41H40N4O2. The number of benzene rings is 4. The van der Waals surface area contributed by atoms with Crippen LogP contribution in [0.15, 0.2) is 91.1 Å². The van der Waals surface area contributed by atoms with Crippen molar-refractivity contribution in [3.63, 3.8) is 0 Å². The van der Waals surface area contributed by atoms with E-state index in [1.807, 2.05) is 12.3 Å². The molecule has 0 unspecified atom stereocenters. The van der Waals surface area contributed by atoms with Crippen LogP contribution in [0.3, 0.4) is 0 Å². The van der Waals surface area contributed by atoms with Gasteiger partial charge in [0.15, 0.2) is 0 Å². The number of rotatable bonds is 7. The van der Waals surface area contributed by atoms with E-state index in [1.165, 1.54) is 27.6 Å². The van der Waals surface area contributed by atoms with Gasteiger partial charge in [-0.3, -0.25) is 4.57 Å². The maximum Gasteiger partial charge on any atom is 0.137 e. The van der Waals surface area contributed by atoms with E-state index in [-0.39, 0.29) is 0 Å². The predicted octanol–water partition coefficient (Wildman–Crippen LogP) is 10.5. The number of fused-ring (bicyclic) bond motifs is 3. The molecule has 7 rings (SSSR count). The summed E-state index contributed by atoms with van der Waals surface area (Å²) >= 11 is 0. The molecule has 0 atom stereocenters. The number of hydrogen-bond acceptors (Lipinski definition) is 4. The van der Waals surface area contributed by atoms with Gasteiger partial charge in [0.2, 0.25) is 0 Å². The first kappa shape index (κ1) is 30.3. The van der Waals surface area contributed by atoms with Gasteiger partial charge in [-0.25, -0.2) is 9.67 Å². The highest BCUT2D eigenvalue weighted by atomic mass is 16.5. The molecular weight excluding hydrogens is 580 g/mol.